The SMILES string of the molecule is O=C(N1CCCC(n2cncn2)C1)C1(c2ccc(F)cc2)CCCC1. The van der Waals surface area contributed by atoms with E-state index in [2.05, 4.69) is 10.1 Å². The van der Waals surface area contributed by atoms with Crippen LogP contribution in [0.25, 0.3) is 0 Å². The van der Waals surface area contributed by atoms with Crippen LogP contribution in [0.2, 0.25) is 0 Å². The van der Waals surface area contributed by atoms with Crippen molar-refractivity contribution >= 4 is 5.91 Å². The lowest BCUT2D eigenvalue weighted by molar-refractivity contribution is -0.139. The van der Waals surface area contributed by atoms with E-state index in [4.69, 9.17) is 0 Å². The number of amides is 1. The molecule has 2 heterocycles. The van der Waals surface area contributed by atoms with E-state index in [1.807, 2.05) is 9.58 Å². The van der Waals surface area contributed by atoms with Gasteiger partial charge >= 0.3 is 0 Å². The maximum absolute atomic E-state index is 13.5. The minimum absolute atomic E-state index is 0.187. The molecule has 1 amide bonds. The summed E-state index contributed by atoms with van der Waals surface area (Å²) >= 11 is 0. The molecule has 1 aromatic heterocycles. The zero-order valence-corrected chi connectivity index (χ0v) is 14.3. The first-order valence-corrected chi connectivity index (χ1v) is 9.09. The first-order valence-electron chi connectivity index (χ1n) is 9.09. The van der Waals surface area contributed by atoms with Crippen LogP contribution < -0.4 is 0 Å². The highest BCUT2D eigenvalue weighted by atomic mass is 19.1. The van der Waals surface area contributed by atoms with E-state index in [1.165, 1.54) is 18.5 Å². The maximum atomic E-state index is 13.5. The smallest absolute Gasteiger partial charge is 0.233 e. The summed E-state index contributed by atoms with van der Waals surface area (Å²) in [5.74, 6) is -0.0602. The molecule has 0 radical (unpaired) electrons. The first-order chi connectivity index (χ1) is 12.2. The highest BCUT2D eigenvalue weighted by Crippen LogP contribution is 2.43. The van der Waals surface area contributed by atoms with Crippen molar-refractivity contribution in [1.29, 1.82) is 0 Å². The lowest BCUT2D eigenvalue weighted by atomic mass is 9.77. The molecule has 0 bridgehead atoms. The summed E-state index contributed by atoms with van der Waals surface area (Å²) in [6, 6.07) is 6.70. The largest absolute Gasteiger partial charge is 0.340 e. The first kappa shape index (κ1) is 16.2. The van der Waals surface area contributed by atoms with Crippen molar-refractivity contribution in [2.75, 3.05) is 13.1 Å². The number of benzene rings is 1. The number of carbonyl (C=O) groups excluding carboxylic acids is 1. The van der Waals surface area contributed by atoms with Crippen LogP contribution in [0.4, 0.5) is 4.39 Å². The number of hydrogen-bond acceptors (Lipinski definition) is 3. The minimum Gasteiger partial charge on any atom is -0.340 e. The van der Waals surface area contributed by atoms with Crippen LogP contribution in [-0.4, -0.2) is 38.7 Å². The molecule has 25 heavy (non-hydrogen) atoms. The molecule has 2 aliphatic rings. The molecule has 5 nitrogen and oxygen atoms in total. The Bertz CT molecular complexity index is 722. The van der Waals surface area contributed by atoms with Gasteiger partial charge in [-0.2, -0.15) is 5.10 Å². The number of nitrogens with zero attached hydrogens (tertiary/aromatic N) is 4. The lowest BCUT2D eigenvalue weighted by Crippen LogP contribution is -2.49. The van der Waals surface area contributed by atoms with E-state index in [1.54, 1.807) is 18.5 Å². The monoisotopic (exact) mass is 342 g/mol. The van der Waals surface area contributed by atoms with Gasteiger partial charge in [0.15, 0.2) is 0 Å². The van der Waals surface area contributed by atoms with E-state index >= 15 is 0 Å². The summed E-state index contributed by atoms with van der Waals surface area (Å²) in [6.45, 7) is 1.46. The van der Waals surface area contributed by atoms with Crippen molar-refractivity contribution in [2.24, 2.45) is 0 Å². The second kappa shape index (κ2) is 6.58. The molecule has 1 aromatic carbocycles. The van der Waals surface area contributed by atoms with Crippen LogP contribution in [0.15, 0.2) is 36.9 Å². The summed E-state index contributed by atoms with van der Waals surface area (Å²) in [5.41, 5.74) is 0.470. The second-order valence-electron chi connectivity index (χ2n) is 7.22. The van der Waals surface area contributed by atoms with E-state index in [-0.39, 0.29) is 17.8 Å². The van der Waals surface area contributed by atoms with Crippen molar-refractivity contribution in [3.8, 4) is 0 Å². The molecule has 1 saturated heterocycles. The van der Waals surface area contributed by atoms with Crippen molar-refractivity contribution in [2.45, 2.75) is 50.0 Å². The van der Waals surface area contributed by atoms with Crippen LogP contribution in [0.3, 0.4) is 0 Å². The summed E-state index contributed by atoms with van der Waals surface area (Å²) in [7, 11) is 0. The van der Waals surface area contributed by atoms with Crippen molar-refractivity contribution in [3.63, 3.8) is 0 Å². The Morgan fingerprint density at radius 2 is 1.92 bits per heavy atom. The van der Waals surface area contributed by atoms with Gasteiger partial charge in [-0.1, -0.05) is 25.0 Å². The number of halogens is 1. The molecule has 0 N–H and O–H groups in total. The third kappa shape index (κ3) is 2.94. The normalized spacial score (nSPS) is 22.9. The Balaban J connectivity index is 1.59. The fourth-order valence-corrected chi connectivity index (χ4v) is 4.44. The van der Waals surface area contributed by atoms with Crippen LogP contribution >= 0.6 is 0 Å². The predicted octanol–water partition coefficient (Wildman–Crippen LogP) is 3.09. The van der Waals surface area contributed by atoms with Gasteiger partial charge in [0.05, 0.1) is 11.5 Å². The van der Waals surface area contributed by atoms with Gasteiger partial charge in [0.1, 0.15) is 18.5 Å². The minimum atomic E-state index is -0.488. The molecule has 0 spiro atoms. The van der Waals surface area contributed by atoms with Gasteiger partial charge < -0.3 is 4.90 Å². The number of hydrogen-bond donors (Lipinski definition) is 0. The molecule has 1 saturated carbocycles. The van der Waals surface area contributed by atoms with Gasteiger partial charge in [-0.05, 0) is 43.4 Å². The Morgan fingerprint density at radius 3 is 2.60 bits per heavy atom. The second-order valence-corrected chi connectivity index (χ2v) is 7.22. The molecule has 1 aliphatic carbocycles. The predicted molar refractivity (Wildman–Crippen MR) is 91.4 cm³/mol. The Morgan fingerprint density at radius 1 is 1.16 bits per heavy atom. The van der Waals surface area contributed by atoms with Crippen LogP contribution in [0.5, 0.6) is 0 Å². The third-order valence-corrected chi connectivity index (χ3v) is 5.76. The fraction of sp³-hybridized carbons (Fsp3) is 0.526. The van der Waals surface area contributed by atoms with Crippen molar-refractivity contribution in [1.82, 2.24) is 19.7 Å². The van der Waals surface area contributed by atoms with E-state index in [9.17, 15) is 9.18 Å². The average Bonchev–Trinajstić information content (AvgIpc) is 3.34. The fourth-order valence-electron chi connectivity index (χ4n) is 4.44. The summed E-state index contributed by atoms with van der Waals surface area (Å²) in [4.78, 5) is 19.5. The Labute approximate surface area is 146 Å². The van der Waals surface area contributed by atoms with Crippen LogP contribution in [0, 0.1) is 5.82 Å². The maximum Gasteiger partial charge on any atom is 0.233 e. The number of aromatic nitrogens is 3. The van der Waals surface area contributed by atoms with Gasteiger partial charge in [0.2, 0.25) is 5.91 Å². The zero-order valence-electron chi connectivity index (χ0n) is 14.3. The van der Waals surface area contributed by atoms with Gasteiger partial charge in [-0.3, -0.25) is 4.79 Å². The van der Waals surface area contributed by atoms with E-state index in [0.717, 1.165) is 50.6 Å². The van der Waals surface area contributed by atoms with Gasteiger partial charge in [-0.15, -0.1) is 0 Å². The number of rotatable bonds is 3. The molecule has 6 heteroatoms. The molecule has 2 fully saturated rings. The van der Waals surface area contributed by atoms with E-state index in [0.29, 0.717) is 6.54 Å². The van der Waals surface area contributed by atoms with E-state index < -0.39 is 5.41 Å². The Kier molecular flexibility index (Phi) is 4.27. The molecule has 132 valence electrons. The molecule has 2 aromatic rings. The highest BCUT2D eigenvalue weighted by molar-refractivity contribution is 5.88. The standard InChI is InChI=1S/C19H23FN4O/c20-16-7-5-15(6-8-16)19(9-1-2-10-19)18(25)23-11-3-4-17(12-23)24-14-21-13-22-24/h5-8,13-14,17H,1-4,9-12H2. The molecule has 1 unspecified atom stereocenters. The van der Waals surface area contributed by atoms with Crippen LogP contribution in [-0.2, 0) is 10.2 Å². The number of piperidine rings is 1. The summed E-state index contributed by atoms with van der Waals surface area (Å²) in [6.07, 6.45) is 9.03. The van der Waals surface area contributed by atoms with Crippen molar-refractivity contribution in [3.05, 3.63) is 48.3 Å². The molecule has 1 aliphatic heterocycles. The lowest BCUT2D eigenvalue weighted by Gasteiger charge is -2.39. The Hall–Kier alpha value is -2.24. The molecular weight excluding hydrogens is 319 g/mol. The van der Waals surface area contributed by atoms with Crippen LogP contribution in [0.1, 0.15) is 50.1 Å². The quantitative estimate of drug-likeness (QED) is 0.861. The highest BCUT2D eigenvalue weighted by Gasteiger charge is 2.45. The average molecular weight is 342 g/mol. The van der Waals surface area contributed by atoms with Crippen molar-refractivity contribution < 1.29 is 9.18 Å². The zero-order chi connectivity index (χ0) is 17.3. The van der Waals surface area contributed by atoms with Gasteiger partial charge in [-0.25, -0.2) is 14.1 Å². The molecule has 4 rings (SSSR count). The summed E-state index contributed by atoms with van der Waals surface area (Å²) < 4.78 is 15.2. The van der Waals surface area contributed by atoms with Gasteiger partial charge in [0, 0.05) is 13.1 Å². The molecule has 1 atom stereocenters. The van der Waals surface area contributed by atoms with Gasteiger partial charge in [0.25, 0.3) is 0 Å². The molecular formula is C19H23FN4O. The third-order valence-electron chi connectivity index (χ3n) is 5.76. The number of carbonyl (C=O) groups is 1. The summed E-state index contributed by atoms with van der Waals surface area (Å²) in [5, 5.41) is 4.24. The topological polar surface area (TPSA) is 51.0 Å². The number of likely N-dealkylation sites (tertiary alicyclic amines) is 1.